The van der Waals surface area contributed by atoms with E-state index in [9.17, 15) is 13.2 Å². The van der Waals surface area contributed by atoms with Gasteiger partial charge >= 0.3 is 5.97 Å². The quantitative estimate of drug-likeness (QED) is 0.842. The lowest BCUT2D eigenvalue weighted by atomic mass is 10.4. The number of ether oxygens (including phenoxy) is 1. The summed E-state index contributed by atoms with van der Waals surface area (Å²) in [6.07, 6.45) is 0. The van der Waals surface area contributed by atoms with Gasteiger partial charge in [-0.25, -0.2) is 18.2 Å². The van der Waals surface area contributed by atoms with Crippen molar-refractivity contribution in [2.75, 3.05) is 11.3 Å². The SMILES string of the molecule is CCOC(=O)c1csc(NS(=O)(=O)c2cc(C)sc2C)n1. The molecule has 0 spiro atoms. The second-order valence-electron chi connectivity index (χ2n) is 4.14. The molecular formula is C12H14N2O4S3. The van der Waals surface area contributed by atoms with Crippen LogP contribution >= 0.6 is 22.7 Å². The minimum absolute atomic E-state index is 0.0952. The van der Waals surface area contributed by atoms with Crippen LogP contribution in [0.25, 0.3) is 0 Å². The number of hydrogen-bond donors (Lipinski definition) is 1. The maximum absolute atomic E-state index is 12.3. The van der Waals surface area contributed by atoms with Crippen LogP contribution in [-0.4, -0.2) is 26.0 Å². The number of aryl methyl sites for hydroxylation is 2. The van der Waals surface area contributed by atoms with Gasteiger partial charge < -0.3 is 4.74 Å². The monoisotopic (exact) mass is 346 g/mol. The van der Waals surface area contributed by atoms with Gasteiger partial charge in [-0.2, -0.15) is 0 Å². The van der Waals surface area contributed by atoms with Crippen molar-refractivity contribution in [1.82, 2.24) is 4.98 Å². The molecule has 2 aromatic rings. The Kier molecular flexibility index (Phi) is 4.64. The first-order chi connectivity index (χ1) is 9.83. The number of anilines is 1. The van der Waals surface area contributed by atoms with Crippen LogP contribution in [0.1, 0.15) is 27.2 Å². The summed E-state index contributed by atoms with van der Waals surface area (Å²) in [5, 5.41) is 1.60. The molecule has 0 fully saturated rings. The maximum Gasteiger partial charge on any atom is 0.357 e. The highest BCUT2D eigenvalue weighted by molar-refractivity contribution is 7.93. The van der Waals surface area contributed by atoms with Gasteiger partial charge in [-0.3, -0.25) is 4.72 Å². The summed E-state index contributed by atoms with van der Waals surface area (Å²) in [6.45, 7) is 5.53. The zero-order valence-electron chi connectivity index (χ0n) is 11.7. The number of nitrogens with one attached hydrogen (secondary N) is 1. The fourth-order valence-corrected chi connectivity index (χ4v) is 5.15. The van der Waals surface area contributed by atoms with Crippen LogP contribution in [0, 0.1) is 13.8 Å². The van der Waals surface area contributed by atoms with E-state index in [1.165, 1.54) is 16.7 Å². The van der Waals surface area contributed by atoms with E-state index in [4.69, 9.17) is 4.74 Å². The molecule has 0 aromatic carbocycles. The Morgan fingerprint density at radius 2 is 2.14 bits per heavy atom. The second-order valence-corrected chi connectivity index (χ2v) is 8.11. The van der Waals surface area contributed by atoms with Gasteiger partial charge in [0.15, 0.2) is 10.8 Å². The van der Waals surface area contributed by atoms with Crippen molar-refractivity contribution >= 4 is 43.8 Å². The van der Waals surface area contributed by atoms with E-state index < -0.39 is 16.0 Å². The molecule has 114 valence electrons. The molecule has 2 aromatic heterocycles. The third kappa shape index (κ3) is 3.60. The van der Waals surface area contributed by atoms with E-state index in [1.54, 1.807) is 19.9 Å². The molecule has 0 saturated carbocycles. The van der Waals surface area contributed by atoms with Crippen LogP contribution in [0.4, 0.5) is 5.13 Å². The van der Waals surface area contributed by atoms with Crippen molar-refractivity contribution < 1.29 is 17.9 Å². The van der Waals surface area contributed by atoms with Crippen LogP contribution in [0.3, 0.4) is 0 Å². The summed E-state index contributed by atoms with van der Waals surface area (Å²) in [5.41, 5.74) is 0.0952. The predicted octanol–water partition coefficient (Wildman–Crippen LogP) is 2.80. The summed E-state index contributed by atoms with van der Waals surface area (Å²) in [5.74, 6) is -0.568. The zero-order valence-corrected chi connectivity index (χ0v) is 14.1. The Labute approximate surface area is 130 Å². The molecule has 21 heavy (non-hydrogen) atoms. The Bertz CT molecular complexity index is 761. The highest BCUT2D eigenvalue weighted by Gasteiger charge is 2.21. The summed E-state index contributed by atoms with van der Waals surface area (Å²) in [7, 11) is -3.69. The van der Waals surface area contributed by atoms with E-state index in [1.807, 2.05) is 6.92 Å². The van der Waals surface area contributed by atoms with E-state index in [0.29, 0.717) is 4.88 Å². The van der Waals surface area contributed by atoms with Crippen molar-refractivity contribution in [3.05, 3.63) is 26.9 Å². The molecular weight excluding hydrogens is 332 g/mol. The average molecular weight is 346 g/mol. The average Bonchev–Trinajstić information content (AvgIpc) is 2.96. The van der Waals surface area contributed by atoms with Gasteiger partial charge in [0.05, 0.1) is 6.61 Å². The lowest BCUT2D eigenvalue weighted by molar-refractivity contribution is 0.0520. The maximum atomic E-state index is 12.3. The number of esters is 1. The normalized spacial score (nSPS) is 11.4. The first kappa shape index (κ1) is 15.9. The molecule has 2 heterocycles. The van der Waals surface area contributed by atoms with E-state index in [2.05, 4.69) is 9.71 Å². The standard InChI is InChI=1S/C12H14N2O4S3/c1-4-18-11(15)9-6-19-12(13-9)14-21(16,17)10-5-7(2)20-8(10)3/h5-6H,4H2,1-3H3,(H,13,14). The number of nitrogens with zero attached hydrogens (tertiary/aromatic N) is 1. The van der Waals surface area contributed by atoms with Crippen molar-refractivity contribution in [3.8, 4) is 0 Å². The number of sulfonamides is 1. The molecule has 0 aliphatic rings. The minimum Gasteiger partial charge on any atom is -0.461 e. The van der Waals surface area contributed by atoms with E-state index in [-0.39, 0.29) is 22.3 Å². The Hall–Kier alpha value is -1.45. The topological polar surface area (TPSA) is 85.4 Å². The number of aromatic nitrogens is 1. The number of carbonyl (C=O) groups excluding carboxylic acids is 1. The highest BCUT2D eigenvalue weighted by atomic mass is 32.2. The summed E-state index contributed by atoms with van der Waals surface area (Å²) in [4.78, 5) is 17.3. The van der Waals surface area contributed by atoms with Crippen LogP contribution in [0.5, 0.6) is 0 Å². The Balaban J connectivity index is 2.22. The summed E-state index contributed by atoms with van der Waals surface area (Å²) < 4.78 is 31.8. The lowest BCUT2D eigenvalue weighted by Crippen LogP contribution is -2.13. The second kappa shape index (κ2) is 6.12. The van der Waals surface area contributed by atoms with Gasteiger partial charge in [0, 0.05) is 15.1 Å². The third-order valence-electron chi connectivity index (χ3n) is 2.50. The first-order valence-corrected chi connectivity index (χ1v) is 9.24. The molecule has 0 aliphatic carbocycles. The van der Waals surface area contributed by atoms with Crippen LogP contribution in [0.15, 0.2) is 16.3 Å². The van der Waals surface area contributed by atoms with Crippen LogP contribution in [-0.2, 0) is 14.8 Å². The Morgan fingerprint density at radius 3 is 2.71 bits per heavy atom. The molecule has 0 aliphatic heterocycles. The molecule has 0 unspecified atom stereocenters. The van der Waals surface area contributed by atoms with Gasteiger partial charge in [0.2, 0.25) is 0 Å². The first-order valence-electron chi connectivity index (χ1n) is 6.06. The fourth-order valence-electron chi connectivity index (χ4n) is 1.66. The molecule has 1 N–H and O–H groups in total. The van der Waals surface area contributed by atoms with Gasteiger partial charge in [-0.05, 0) is 26.8 Å². The van der Waals surface area contributed by atoms with Crippen molar-refractivity contribution in [1.29, 1.82) is 0 Å². The number of hydrogen-bond acceptors (Lipinski definition) is 7. The fraction of sp³-hybridized carbons (Fsp3) is 0.333. The molecule has 0 amide bonds. The van der Waals surface area contributed by atoms with Crippen molar-refractivity contribution in [2.45, 2.75) is 25.7 Å². The number of rotatable bonds is 5. The summed E-state index contributed by atoms with van der Waals surface area (Å²) in [6, 6.07) is 1.61. The lowest BCUT2D eigenvalue weighted by Gasteiger charge is -2.03. The van der Waals surface area contributed by atoms with Crippen LogP contribution in [0.2, 0.25) is 0 Å². The molecule has 6 nitrogen and oxygen atoms in total. The number of thiazole rings is 1. The minimum atomic E-state index is -3.69. The summed E-state index contributed by atoms with van der Waals surface area (Å²) >= 11 is 2.45. The van der Waals surface area contributed by atoms with E-state index >= 15 is 0 Å². The van der Waals surface area contributed by atoms with Crippen molar-refractivity contribution in [2.24, 2.45) is 0 Å². The van der Waals surface area contributed by atoms with Gasteiger partial charge in [0.1, 0.15) is 4.90 Å². The third-order valence-corrected chi connectivity index (χ3v) is 5.94. The van der Waals surface area contributed by atoms with Gasteiger partial charge in [0.25, 0.3) is 10.0 Å². The van der Waals surface area contributed by atoms with Gasteiger partial charge in [-0.1, -0.05) is 0 Å². The molecule has 0 bridgehead atoms. The van der Waals surface area contributed by atoms with Crippen LogP contribution < -0.4 is 4.72 Å². The molecule has 9 heteroatoms. The van der Waals surface area contributed by atoms with Gasteiger partial charge in [-0.15, -0.1) is 22.7 Å². The molecule has 0 saturated heterocycles. The molecule has 0 radical (unpaired) electrons. The van der Waals surface area contributed by atoms with E-state index in [0.717, 1.165) is 16.2 Å². The smallest absolute Gasteiger partial charge is 0.357 e. The predicted molar refractivity (Wildman–Crippen MR) is 82.7 cm³/mol. The molecule has 2 rings (SSSR count). The zero-order chi connectivity index (χ0) is 15.6. The number of carbonyl (C=O) groups is 1. The Morgan fingerprint density at radius 1 is 1.43 bits per heavy atom. The highest BCUT2D eigenvalue weighted by Crippen LogP contribution is 2.27. The number of thiophene rings is 1. The molecule has 0 atom stereocenters. The van der Waals surface area contributed by atoms with Crippen molar-refractivity contribution in [3.63, 3.8) is 0 Å². The largest absolute Gasteiger partial charge is 0.461 e.